The van der Waals surface area contributed by atoms with Crippen LogP contribution >= 0.6 is 22.9 Å². The van der Waals surface area contributed by atoms with Crippen LogP contribution < -0.4 is 4.74 Å². The van der Waals surface area contributed by atoms with Crippen LogP contribution in [0.25, 0.3) is 10.8 Å². The fraction of sp³-hybridized carbons (Fsp3) is 0.0833. The SMILES string of the molecule is Clc1ncccc1OCc1nnc(-c2cccs2)o1. The van der Waals surface area contributed by atoms with Crippen molar-refractivity contribution < 1.29 is 9.15 Å². The summed E-state index contributed by atoms with van der Waals surface area (Å²) in [7, 11) is 0. The van der Waals surface area contributed by atoms with E-state index in [1.807, 2.05) is 17.5 Å². The van der Waals surface area contributed by atoms with Crippen molar-refractivity contribution in [3.63, 3.8) is 0 Å². The highest BCUT2D eigenvalue weighted by Gasteiger charge is 2.10. The van der Waals surface area contributed by atoms with Crippen molar-refractivity contribution in [1.29, 1.82) is 0 Å². The van der Waals surface area contributed by atoms with Crippen LogP contribution in [0.2, 0.25) is 5.15 Å². The minimum atomic E-state index is 0.157. The minimum absolute atomic E-state index is 0.157. The summed E-state index contributed by atoms with van der Waals surface area (Å²) in [5.74, 6) is 1.37. The molecule has 3 heterocycles. The molecule has 19 heavy (non-hydrogen) atoms. The predicted molar refractivity (Wildman–Crippen MR) is 71.2 cm³/mol. The third kappa shape index (κ3) is 2.74. The average molecular weight is 294 g/mol. The Morgan fingerprint density at radius 3 is 3.00 bits per heavy atom. The number of ether oxygens (including phenoxy) is 1. The van der Waals surface area contributed by atoms with E-state index in [9.17, 15) is 0 Å². The second kappa shape index (κ2) is 5.38. The van der Waals surface area contributed by atoms with Gasteiger partial charge in [0.2, 0.25) is 0 Å². The van der Waals surface area contributed by atoms with Crippen molar-refractivity contribution in [2.45, 2.75) is 6.61 Å². The number of rotatable bonds is 4. The standard InChI is InChI=1S/C12H8ClN3O2S/c13-11-8(3-1-5-14-11)17-7-10-15-16-12(18-10)9-4-2-6-19-9/h1-6H,7H2. The number of pyridine rings is 1. The Morgan fingerprint density at radius 1 is 1.26 bits per heavy atom. The molecule has 0 saturated carbocycles. The Morgan fingerprint density at radius 2 is 2.21 bits per heavy atom. The summed E-state index contributed by atoms with van der Waals surface area (Å²) in [5, 5.41) is 10.1. The molecule has 0 amide bonds. The number of nitrogens with zero attached hydrogens (tertiary/aromatic N) is 3. The van der Waals surface area contributed by atoms with Gasteiger partial charge in [-0.1, -0.05) is 17.7 Å². The molecule has 5 nitrogen and oxygen atoms in total. The van der Waals surface area contributed by atoms with E-state index in [2.05, 4.69) is 15.2 Å². The maximum absolute atomic E-state index is 5.88. The van der Waals surface area contributed by atoms with Crippen LogP contribution in [0.15, 0.2) is 40.3 Å². The lowest BCUT2D eigenvalue weighted by atomic mass is 10.5. The molecule has 0 saturated heterocycles. The van der Waals surface area contributed by atoms with Gasteiger partial charge in [0, 0.05) is 6.20 Å². The zero-order chi connectivity index (χ0) is 13.1. The van der Waals surface area contributed by atoms with Crippen molar-refractivity contribution in [1.82, 2.24) is 15.2 Å². The summed E-state index contributed by atoms with van der Waals surface area (Å²) in [4.78, 5) is 4.84. The molecule has 7 heteroatoms. The minimum Gasteiger partial charge on any atom is -0.481 e. The third-order valence-corrected chi connectivity index (χ3v) is 3.42. The van der Waals surface area contributed by atoms with E-state index in [-0.39, 0.29) is 6.61 Å². The smallest absolute Gasteiger partial charge is 0.257 e. The fourth-order valence-corrected chi connectivity index (χ4v) is 2.25. The summed E-state index contributed by atoms with van der Waals surface area (Å²) in [6.07, 6.45) is 1.59. The topological polar surface area (TPSA) is 61.0 Å². The largest absolute Gasteiger partial charge is 0.481 e. The van der Waals surface area contributed by atoms with E-state index in [0.717, 1.165) is 4.88 Å². The summed E-state index contributed by atoms with van der Waals surface area (Å²) in [6, 6.07) is 7.31. The van der Waals surface area contributed by atoms with Gasteiger partial charge in [-0.2, -0.15) is 0 Å². The van der Waals surface area contributed by atoms with Gasteiger partial charge in [0.25, 0.3) is 11.8 Å². The zero-order valence-electron chi connectivity index (χ0n) is 9.62. The van der Waals surface area contributed by atoms with Crippen LogP contribution in [0, 0.1) is 0 Å². The lowest BCUT2D eigenvalue weighted by Gasteiger charge is -2.03. The molecule has 0 aromatic carbocycles. The molecule has 3 aromatic heterocycles. The molecular formula is C12H8ClN3O2S. The van der Waals surface area contributed by atoms with Crippen LogP contribution in [0.3, 0.4) is 0 Å². The average Bonchev–Trinajstić information content (AvgIpc) is 3.09. The summed E-state index contributed by atoms with van der Waals surface area (Å²) in [6.45, 7) is 0.157. The molecule has 3 aromatic rings. The second-order valence-electron chi connectivity index (χ2n) is 3.56. The lowest BCUT2D eigenvalue weighted by Crippen LogP contribution is -1.96. The summed E-state index contributed by atoms with van der Waals surface area (Å²) >= 11 is 7.41. The number of aromatic nitrogens is 3. The Kier molecular flexibility index (Phi) is 3.43. The molecule has 96 valence electrons. The van der Waals surface area contributed by atoms with Gasteiger partial charge in [-0.25, -0.2) is 4.98 Å². The number of hydrogen-bond acceptors (Lipinski definition) is 6. The van der Waals surface area contributed by atoms with E-state index in [4.69, 9.17) is 20.8 Å². The second-order valence-corrected chi connectivity index (χ2v) is 4.86. The van der Waals surface area contributed by atoms with Gasteiger partial charge in [-0.05, 0) is 23.6 Å². The lowest BCUT2D eigenvalue weighted by molar-refractivity contribution is 0.264. The van der Waals surface area contributed by atoms with E-state index in [1.165, 1.54) is 11.3 Å². The fourth-order valence-electron chi connectivity index (χ4n) is 1.43. The maximum Gasteiger partial charge on any atom is 0.257 e. The zero-order valence-corrected chi connectivity index (χ0v) is 11.2. The van der Waals surface area contributed by atoms with Crippen molar-refractivity contribution in [2.75, 3.05) is 0 Å². The van der Waals surface area contributed by atoms with Gasteiger partial charge in [0.05, 0.1) is 4.88 Å². The van der Waals surface area contributed by atoms with E-state index >= 15 is 0 Å². The van der Waals surface area contributed by atoms with Crippen molar-refractivity contribution in [2.24, 2.45) is 0 Å². The molecule has 0 aliphatic carbocycles. The van der Waals surface area contributed by atoms with Gasteiger partial charge >= 0.3 is 0 Å². The quantitative estimate of drug-likeness (QED) is 0.690. The molecule has 0 bridgehead atoms. The molecular weight excluding hydrogens is 286 g/mol. The highest BCUT2D eigenvalue weighted by atomic mass is 35.5. The first-order chi connectivity index (χ1) is 9.33. The van der Waals surface area contributed by atoms with Crippen LogP contribution in [0.1, 0.15) is 5.89 Å². The van der Waals surface area contributed by atoms with Crippen molar-refractivity contribution >= 4 is 22.9 Å². The van der Waals surface area contributed by atoms with Gasteiger partial charge in [0.15, 0.2) is 17.5 Å². The van der Waals surface area contributed by atoms with Crippen molar-refractivity contribution in [3.8, 4) is 16.5 Å². The third-order valence-electron chi connectivity index (χ3n) is 2.27. The molecule has 0 aliphatic rings. The molecule has 0 N–H and O–H groups in total. The van der Waals surface area contributed by atoms with Crippen LogP contribution in [0.4, 0.5) is 0 Å². The number of hydrogen-bond donors (Lipinski definition) is 0. The van der Waals surface area contributed by atoms with E-state index in [0.29, 0.717) is 22.7 Å². The van der Waals surface area contributed by atoms with Gasteiger partial charge in [0.1, 0.15) is 0 Å². The Balaban J connectivity index is 1.70. The highest BCUT2D eigenvalue weighted by molar-refractivity contribution is 7.13. The van der Waals surface area contributed by atoms with Gasteiger partial charge in [-0.15, -0.1) is 21.5 Å². The number of halogens is 1. The monoisotopic (exact) mass is 293 g/mol. The van der Waals surface area contributed by atoms with E-state index in [1.54, 1.807) is 18.3 Å². The first-order valence-corrected chi connectivity index (χ1v) is 6.68. The molecule has 0 unspecified atom stereocenters. The van der Waals surface area contributed by atoms with Crippen LogP contribution in [-0.4, -0.2) is 15.2 Å². The first-order valence-electron chi connectivity index (χ1n) is 5.42. The molecule has 3 rings (SSSR count). The molecule has 0 spiro atoms. The Labute approximate surface area is 117 Å². The Bertz CT molecular complexity index is 669. The van der Waals surface area contributed by atoms with Crippen LogP contribution in [0.5, 0.6) is 5.75 Å². The first kappa shape index (κ1) is 12.1. The highest BCUT2D eigenvalue weighted by Crippen LogP contribution is 2.24. The van der Waals surface area contributed by atoms with Gasteiger partial charge in [-0.3, -0.25) is 0 Å². The molecule has 0 radical (unpaired) electrons. The summed E-state index contributed by atoms with van der Waals surface area (Å²) < 4.78 is 11.0. The van der Waals surface area contributed by atoms with Crippen LogP contribution in [-0.2, 0) is 6.61 Å². The summed E-state index contributed by atoms with van der Waals surface area (Å²) in [5.41, 5.74) is 0. The van der Waals surface area contributed by atoms with Crippen molar-refractivity contribution in [3.05, 3.63) is 46.9 Å². The Hall–Kier alpha value is -1.92. The van der Waals surface area contributed by atoms with E-state index < -0.39 is 0 Å². The normalized spacial score (nSPS) is 10.6. The number of thiophene rings is 1. The molecule has 0 atom stereocenters. The predicted octanol–water partition coefficient (Wildman–Crippen LogP) is 3.43. The maximum atomic E-state index is 5.88. The molecule has 0 fully saturated rings. The van der Waals surface area contributed by atoms with Gasteiger partial charge < -0.3 is 9.15 Å². The molecule has 0 aliphatic heterocycles.